The van der Waals surface area contributed by atoms with E-state index in [2.05, 4.69) is 127 Å². The predicted molar refractivity (Wildman–Crippen MR) is 229 cm³/mol. The van der Waals surface area contributed by atoms with Gasteiger partial charge in [0.15, 0.2) is 17.5 Å². The lowest BCUT2D eigenvalue weighted by atomic mass is 9.92. The molecule has 5 heteroatoms. The molecule has 56 heavy (non-hydrogen) atoms. The van der Waals surface area contributed by atoms with Crippen LogP contribution in [0.25, 0.3) is 121 Å². The van der Waals surface area contributed by atoms with Gasteiger partial charge in [0.2, 0.25) is 0 Å². The van der Waals surface area contributed by atoms with Crippen LogP contribution in [-0.4, -0.2) is 15.0 Å². The van der Waals surface area contributed by atoms with Crippen molar-refractivity contribution in [1.82, 2.24) is 15.0 Å². The summed E-state index contributed by atoms with van der Waals surface area (Å²) in [5.74, 6) is 1.71. The van der Waals surface area contributed by atoms with Crippen LogP contribution in [0.15, 0.2) is 185 Å². The summed E-state index contributed by atoms with van der Waals surface area (Å²) < 4.78 is 12.9. The Morgan fingerprint density at radius 2 is 0.875 bits per heavy atom. The molecule has 0 bridgehead atoms. The maximum Gasteiger partial charge on any atom is 0.167 e. The zero-order chi connectivity index (χ0) is 36.7. The summed E-state index contributed by atoms with van der Waals surface area (Å²) in [7, 11) is 0. The maximum absolute atomic E-state index is 6.52. The summed E-state index contributed by atoms with van der Waals surface area (Å²) in [6.45, 7) is 0. The minimum absolute atomic E-state index is 0.547. The molecule has 12 aromatic rings. The standard InChI is InChI=1S/C51H29N3O2/c1-3-13-35-30(11-1)23-24-32-27-33(25-26-37(32)35)49-52-50(54-51(53-49)42-19-9-18-40-38-15-5-7-20-44(38)56-48(40)42)34-28-31-12-2-4-14-36(31)43(29-34)39-17-10-22-46-47(39)41-16-6-8-21-45(41)55-46/h1-29H. The molecule has 3 heterocycles. The number of aromatic nitrogens is 3. The van der Waals surface area contributed by atoms with Gasteiger partial charge in [-0.25, -0.2) is 15.0 Å². The Bertz CT molecular complexity index is 3560. The van der Waals surface area contributed by atoms with Gasteiger partial charge in [-0.1, -0.05) is 133 Å². The smallest absolute Gasteiger partial charge is 0.167 e. The van der Waals surface area contributed by atoms with E-state index in [-0.39, 0.29) is 0 Å². The Balaban J connectivity index is 1.12. The minimum atomic E-state index is 0.547. The normalized spacial score (nSPS) is 11.9. The number of hydrogen-bond acceptors (Lipinski definition) is 5. The van der Waals surface area contributed by atoms with Gasteiger partial charge in [0.1, 0.15) is 22.3 Å². The first-order valence-electron chi connectivity index (χ1n) is 18.8. The molecule has 0 amide bonds. The summed E-state index contributed by atoms with van der Waals surface area (Å²) in [6, 6.07) is 61.1. The molecule has 0 spiro atoms. The summed E-state index contributed by atoms with van der Waals surface area (Å²) in [5.41, 5.74) is 8.07. The highest BCUT2D eigenvalue weighted by molar-refractivity contribution is 6.16. The van der Waals surface area contributed by atoms with Gasteiger partial charge in [0.25, 0.3) is 0 Å². The van der Waals surface area contributed by atoms with Crippen molar-refractivity contribution in [2.45, 2.75) is 0 Å². The van der Waals surface area contributed by atoms with Gasteiger partial charge in [0, 0.05) is 32.7 Å². The molecule has 5 nitrogen and oxygen atoms in total. The number of rotatable bonds is 4. The van der Waals surface area contributed by atoms with Crippen molar-refractivity contribution < 1.29 is 8.83 Å². The lowest BCUT2D eigenvalue weighted by Crippen LogP contribution is -2.01. The van der Waals surface area contributed by atoms with Crippen LogP contribution in [0.2, 0.25) is 0 Å². The van der Waals surface area contributed by atoms with Crippen LogP contribution >= 0.6 is 0 Å². The molecule has 0 aliphatic carbocycles. The van der Waals surface area contributed by atoms with Crippen molar-refractivity contribution >= 4 is 76.2 Å². The molecule has 12 rings (SSSR count). The molecular formula is C51H29N3O2. The Hall–Kier alpha value is -7.63. The lowest BCUT2D eigenvalue weighted by Gasteiger charge is -2.13. The van der Waals surface area contributed by atoms with E-state index in [9.17, 15) is 0 Å². The molecule has 0 fully saturated rings. The molecule has 0 aliphatic rings. The largest absolute Gasteiger partial charge is 0.456 e. The summed E-state index contributed by atoms with van der Waals surface area (Å²) in [5, 5.41) is 11.2. The van der Waals surface area contributed by atoms with Crippen LogP contribution in [0.3, 0.4) is 0 Å². The van der Waals surface area contributed by atoms with Gasteiger partial charge in [-0.3, -0.25) is 0 Å². The molecule has 0 N–H and O–H groups in total. The zero-order valence-electron chi connectivity index (χ0n) is 29.9. The number of benzene rings is 9. The highest BCUT2D eigenvalue weighted by Crippen LogP contribution is 2.42. The Morgan fingerprint density at radius 1 is 0.304 bits per heavy atom. The molecule has 0 atom stereocenters. The van der Waals surface area contributed by atoms with E-state index in [0.29, 0.717) is 17.5 Å². The van der Waals surface area contributed by atoms with Crippen molar-refractivity contribution in [2.75, 3.05) is 0 Å². The van der Waals surface area contributed by atoms with E-state index < -0.39 is 0 Å². The average molecular weight is 716 g/mol. The fourth-order valence-corrected chi connectivity index (χ4v) is 8.49. The van der Waals surface area contributed by atoms with Gasteiger partial charge in [-0.15, -0.1) is 0 Å². The predicted octanol–water partition coefficient (Wildman–Crippen LogP) is 13.8. The maximum atomic E-state index is 6.52. The second-order valence-corrected chi connectivity index (χ2v) is 14.3. The molecule has 0 radical (unpaired) electrons. The zero-order valence-corrected chi connectivity index (χ0v) is 29.9. The third-order valence-corrected chi connectivity index (χ3v) is 11.1. The van der Waals surface area contributed by atoms with Crippen LogP contribution in [0.1, 0.15) is 0 Å². The van der Waals surface area contributed by atoms with Gasteiger partial charge in [-0.2, -0.15) is 0 Å². The van der Waals surface area contributed by atoms with E-state index in [0.717, 1.165) is 87.9 Å². The van der Waals surface area contributed by atoms with E-state index in [1.165, 1.54) is 16.2 Å². The summed E-state index contributed by atoms with van der Waals surface area (Å²) >= 11 is 0. The van der Waals surface area contributed by atoms with Crippen LogP contribution in [0.4, 0.5) is 0 Å². The molecule has 0 saturated carbocycles. The summed E-state index contributed by atoms with van der Waals surface area (Å²) in [4.78, 5) is 15.7. The quantitative estimate of drug-likeness (QED) is 0.170. The molecule has 0 unspecified atom stereocenters. The fraction of sp³-hybridized carbons (Fsp3) is 0. The fourth-order valence-electron chi connectivity index (χ4n) is 8.49. The van der Waals surface area contributed by atoms with Crippen molar-refractivity contribution in [2.24, 2.45) is 0 Å². The van der Waals surface area contributed by atoms with Gasteiger partial charge in [0.05, 0.1) is 5.56 Å². The first-order valence-corrected chi connectivity index (χ1v) is 18.8. The first kappa shape index (κ1) is 30.8. The number of nitrogens with zero attached hydrogens (tertiary/aromatic N) is 3. The SMILES string of the molecule is c1ccc2c(-c3cccc4oc5ccccc5c34)cc(-c3nc(-c4ccc5c(ccc6ccccc65)c4)nc(-c4cccc5c4oc4ccccc45)n3)cc2c1. The van der Waals surface area contributed by atoms with E-state index in [4.69, 9.17) is 23.8 Å². The van der Waals surface area contributed by atoms with Gasteiger partial charge < -0.3 is 8.83 Å². The van der Waals surface area contributed by atoms with Crippen LogP contribution in [0, 0.1) is 0 Å². The van der Waals surface area contributed by atoms with Crippen molar-refractivity contribution in [3.05, 3.63) is 176 Å². The Kier molecular flexibility index (Phi) is 6.56. The molecule has 0 aliphatic heterocycles. The minimum Gasteiger partial charge on any atom is -0.456 e. The van der Waals surface area contributed by atoms with Crippen molar-refractivity contribution in [3.8, 4) is 45.3 Å². The van der Waals surface area contributed by atoms with Gasteiger partial charge in [-0.05, 0) is 85.9 Å². The van der Waals surface area contributed by atoms with Crippen molar-refractivity contribution in [1.29, 1.82) is 0 Å². The Morgan fingerprint density at radius 3 is 1.75 bits per heavy atom. The highest BCUT2D eigenvalue weighted by Gasteiger charge is 2.20. The second kappa shape index (κ2) is 11.9. The molecule has 9 aromatic carbocycles. The molecule has 3 aromatic heterocycles. The monoisotopic (exact) mass is 715 g/mol. The van der Waals surface area contributed by atoms with Crippen molar-refractivity contribution in [3.63, 3.8) is 0 Å². The van der Waals surface area contributed by atoms with E-state index in [1.807, 2.05) is 48.5 Å². The number of hydrogen-bond donors (Lipinski definition) is 0. The molecule has 260 valence electrons. The molecular weight excluding hydrogens is 687 g/mol. The van der Waals surface area contributed by atoms with E-state index in [1.54, 1.807) is 0 Å². The number of fused-ring (bicyclic) bond motifs is 10. The highest BCUT2D eigenvalue weighted by atomic mass is 16.3. The average Bonchev–Trinajstić information content (AvgIpc) is 3.84. The van der Waals surface area contributed by atoms with Crippen LogP contribution < -0.4 is 0 Å². The summed E-state index contributed by atoms with van der Waals surface area (Å²) in [6.07, 6.45) is 0. The topological polar surface area (TPSA) is 65.0 Å². The Labute approximate surface area is 320 Å². The second-order valence-electron chi connectivity index (χ2n) is 14.3. The first-order chi connectivity index (χ1) is 27.7. The van der Waals surface area contributed by atoms with E-state index >= 15 is 0 Å². The van der Waals surface area contributed by atoms with Gasteiger partial charge >= 0.3 is 0 Å². The lowest BCUT2D eigenvalue weighted by molar-refractivity contribution is 0.669. The third-order valence-electron chi connectivity index (χ3n) is 11.1. The molecule has 0 saturated heterocycles. The number of furan rings is 2. The van der Waals surface area contributed by atoms with Crippen LogP contribution in [0.5, 0.6) is 0 Å². The van der Waals surface area contributed by atoms with Crippen LogP contribution in [-0.2, 0) is 0 Å². The third kappa shape index (κ3) is 4.71. The number of para-hydroxylation sites is 3.